The van der Waals surface area contributed by atoms with Crippen LogP contribution < -0.4 is 9.47 Å². The maximum absolute atomic E-state index is 13.4. The van der Waals surface area contributed by atoms with E-state index in [0.29, 0.717) is 36.8 Å². The van der Waals surface area contributed by atoms with Gasteiger partial charge in [-0.05, 0) is 62.1 Å². The van der Waals surface area contributed by atoms with E-state index >= 15 is 0 Å². The number of hydrogen-bond donors (Lipinski definition) is 0. The van der Waals surface area contributed by atoms with Gasteiger partial charge in [-0.25, -0.2) is 0 Å². The van der Waals surface area contributed by atoms with Crippen molar-refractivity contribution in [2.24, 2.45) is 5.92 Å². The SMILES string of the molecule is CCOC(=O)C(CC)CN1CCc2cc(OC)c(OC)cc2[C@@H]1C[S@@](=O)c1ccc(C)cc1. The molecule has 0 radical (unpaired) electrons. The van der Waals surface area contributed by atoms with Crippen molar-refractivity contribution in [1.29, 1.82) is 0 Å². The van der Waals surface area contributed by atoms with E-state index in [1.165, 1.54) is 5.56 Å². The molecule has 2 aromatic carbocycles. The first-order valence-corrected chi connectivity index (χ1v) is 12.8. The number of fused-ring (bicyclic) bond motifs is 1. The Morgan fingerprint density at radius 1 is 1.12 bits per heavy atom. The van der Waals surface area contributed by atoms with Gasteiger partial charge in [-0.15, -0.1) is 0 Å². The standard InChI is InChI=1S/C26H35NO5S/c1-6-19(26(28)32-7-2)16-27-13-12-20-14-24(30-4)25(31-5)15-22(20)23(27)17-33(29)21-10-8-18(3)9-11-21/h8-11,14-15,19,23H,6-7,12-13,16-17H2,1-5H3/t19?,23-,33+/m0/s1. The molecule has 0 bridgehead atoms. The fraction of sp³-hybridized carbons (Fsp3) is 0.500. The Morgan fingerprint density at radius 2 is 1.79 bits per heavy atom. The fourth-order valence-corrected chi connectivity index (χ4v) is 5.65. The number of carbonyl (C=O) groups is 1. The van der Waals surface area contributed by atoms with Crippen LogP contribution in [0.25, 0.3) is 0 Å². The smallest absolute Gasteiger partial charge is 0.310 e. The zero-order valence-corrected chi connectivity index (χ0v) is 21.1. The summed E-state index contributed by atoms with van der Waals surface area (Å²) in [5, 5.41) is 0. The third-order valence-electron chi connectivity index (χ3n) is 6.27. The summed E-state index contributed by atoms with van der Waals surface area (Å²) in [6.07, 6.45) is 1.52. The third-order valence-corrected chi connectivity index (χ3v) is 7.69. The van der Waals surface area contributed by atoms with Crippen LogP contribution in [0.2, 0.25) is 0 Å². The number of methoxy groups -OCH3 is 2. The monoisotopic (exact) mass is 473 g/mol. The molecule has 1 aliphatic heterocycles. The predicted octanol–water partition coefficient (Wildman–Crippen LogP) is 4.31. The lowest BCUT2D eigenvalue weighted by atomic mass is 9.91. The largest absolute Gasteiger partial charge is 0.493 e. The van der Waals surface area contributed by atoms with Crippen molar-refractivity contribution in [2.75, 3.05) is 39.7 Å². The number of esters is 1. The van der Waals surface area contributed by atoms with E-state index in [4.69, 9.17) is 14.2 Å². The molecule has 1 heterocycles. The van der Waals surface area contributed by atoms with Crippen LogP contribution in [0.4, 0.5) is 0 Å². The lowest BCUT2D eigenvalue weighted by Crippen LogP contribution is -2.42. The molecule has 0 saturated carbocycles. The third kappa shape index (κ3) is 5.95. The molecule has 7 heteroatoms. The van der Waals surface area contributed by atoms with E-state index in [1.54, 1.807) is 14.2 Å². The minimum absolute atomic E-state index is 0.112. The Hall–Kier alpha value is -2.38. The number of ether oxygens (including phenoxy) is 3. The van der Waals surface area contributed by atoms with Crippen molar-refractivity contribution < 1.29 is 23.2 Å². The number of aryl methyl sites for hydroxylation is 1. The minimum Gasteiger partial charge on any atom is -0.493 e. The van der Waals surface area contributed by atoms with Crippen LogP contribution in [0.3, 0.4) is 0 Å². The quantitative estimate of drug-likeness (QED) is 0.479. The number of benzene rings is 2. The second-order valence-corrected chi connectivity index (χ2v) is 9.84. The summed E-state index contributed by atoms with van der Waals surface area (Å²) in [5.41, 5.74) is 3.38. The van der Waals surface area contributed by atoms with Crippen molar-refractivity contribution >= 4 is 16.8 Å². The zero-order valence-electron chi connectivity index (χ0n) is 20.3. The Bertz CT molecular complexity index is 975. The van der Waals surface area contributed by atoms with E-state index < -0.39 is 10.8 Å². The average Bonchev–Trinajstić information content (AvgIpc) is 2.83. The van der Waals surface area contributed by atoms with Gasteiger partial charge >= 0.3 is 5.97 Å². The van der Waals surface area contributed by atoms with Crippen LogP contribution in [-0.2, 0) is 26.8 Å². The summed E-state index contributed by atoms with van der Waals surface area (Å²) in [6, 6.07) is 11.8. The maximum atomic E-state index is 13.4. The lowest BCUT2D eigenvalue weighted by Gasteiger charge is -2.39. The Morgan fingerprint density at radius 3 is 2.39 bits per heavy atom. The minimum atomic E-state index is -1.19. The molecule has 180 valence electrons. The second-order valence-electron chi connectivity index (χ2n) is 8.35. The van der Waals surface area contributed by atoms with Crippen LogP contribution in [-0.4, -0.2) is 54.7 Å². The zero-order chi connectivity index (χ0) is 24.0. The molecule has 0 N–H and O–H groups in total. The van der Waals surface area contributed by atoms with Crippen LogP contribution in [0.1, 0.15) is 43.0 Å². The summed E-state index contributed by atoms with van der Waals surface area (Å²) in [7, 11) is 2.06. The van der Waals surface area contributed by atoms with Gasteiger partial charge in [0.2, 0.25) is 0 Å². The van der Waals surface area contributed by atoms with Gasteiger partial charge in [0.1, 0.15) is 0 Å². The highest BCUT2D eigenvalue weighted by Crippen LogP contribution is 2.39. The topological polar surface area (TPSA) is 65.1 Å². The summed E-state index contributed by atoms with van der Waals surface area (Å²) in [4.78, 5) is 15.6. The second kappa shape index (κ2) is 11.7. The van der Waals surface area contributed by atoms with Crippen molar-refractivity contribution in [1.82, 2.24) is 4.90 Å². The van der Waals surface area contributed by atoms with Gasteiger partial charge in [-0.2, -0.15) is 0 Å². The maximum Gasteiger partial charge on any atom is 0.310 e. The van der Waals surface area contributed by atoms with Crippen LogP contribution in [0.5, 0.6) is 11.5 Å². The molecule has 6 nitrogen and oxygen atoms in total. The molecule has 2 aromatic rings. The molecule has 3 rings (SSSR count). The van der Waals surface area contributed by atoms with E-state index in [1.807, 2.05) is 57.2 Å². The molecule has 1 unspecified atom stereocenters. The average molecular weight is 474 g/mol. The normalized spacial score (nSPS) is 17.7. The van der Waals surface area contributed by atoms with E-state index in [9.17, 15) is 9.00 Å². The van der Waals surface area contributed by atoms with Gasteiger partial charge in [0, 0.05) is 29.8 Å². The van der Waals surface area contributed by atoms with Gasteiger partial charge < -0.3 is 14.2 Å². The van der Waals surface area contributed by atoms with Crippen LogP contribution >= 0.6 is 0 Å². The van der Waals surface area contributed by atoms with Crippen LogP contribution in [0, 0.1) is 12.8 Å². The van der Waals surface area contributed by atoms with Gasteiger partial charge in [0.25, 0.3) is 0 Å². The summed E-state index contributed by atoms with van der Waals surface area (Å²) >= 11 is 0. The van der Waals surface area contributed by atoms with E-state index in [-0.39, 0.29) is 17.9 Å². The predicted molar refractivity (Wildman–Crippen MR) is 130 cm³/mol. The lowest BCUT2D eigenvalue weighted by molar-refractivity contribution is -0.149. The number of nitrogens with zero attached hydrogens (tertiary/aromatic N) is 1. The van der Waals surface area contributed by atoms with E-state index in [0.717, 1.165) is 29.0 Å². The highest BCUT2D eigenvalue weighted by Gasteiger charge is 2.33. The molecule has 1 aliphatic rings. The van der Waals surface area contributed by atoms with Crippen LogP contribution in [0.15, 0.2) is 41.3 Å². The first-order chi connectivity index (χ1) is 15.9. The van der Waals surface area contributed by atoms with Crippen molar-refractivity contribution in [3.8, 4) is 11.5 Å². The molecule has 0 saturated heterocycles. The Kier molecular flexibility index (Phi) is 8.92. The highest BCUT2D eigenvalue weighted by molar-refractivity contribution is 7.85. The molecule has 33 heavy (non-hydrogen) atoms. The molecule has 3 atom stereocenters. The van der Waals surface area contributed by atoms with E-state index in [2.05, 4.69) is 4.90 Å². The fourth-order valence-electron chi connectivity index (χ4n) is 4.34. The number of rotatable bonds is 10. The molecular formula is C26H35NO5S. The van der Waals surface area contributed by atoms with Gasteiger partial charge in [-0.3, -0.25) is 13.9 Å². The van der Waals surface area contributed by atoms with Gasteiger partial charge in [0.15, 0.2) is 11.5 Å². The Labute approximate surface area is 199 Å². The summed E-state index contributed by atoms with van der Waals surface area (Å²) in [5.74, 6) is 1.39. The van der Waals surface area contributed by atoms with Gasteiger partial charge in [0.05, 0.1) is 37.5 Å². The molecule has 0 amide bonds. The van der Waals surface area contributed by atoms with Crippen molar-refractivity contribution in [3.63, 3.8) is 0 Å². The highest BCUT2D eigenvalue weighted by atomic mass is 32.2. The molecule has 0 fully saturated rings. The number of hydrogen-bond acceptors (Lipinski definition) is 6. The van der Waals surface area contributed by atoms with Crippen molar-refractivity contribution in [3.05, 3.63) is 53.1 Å². The molecule has 0 aliphatic carbocycles. The first-order valence-electron chi connectivity index (χ1n) is 11.5. The summed E-state index contributed by atoms with van der Waals surface area (Å²) in [6.45, 7) is 7.57. The summed E-state index contributed by atoms with van der Waals surface area (Å²) < 4.78 is 29.8. The van der Waals surface area contributed by atoms with Crippen molar-refractivity contribution in [2.45, 2.75) is 44.6 Å². The molecule has 0 spiro atoms. The molecular weight excluding hydrogens is 438 g/mol. The number of carbonyl (C=O) groups excluding carboxylic acids is 1. The Balaban J connectivity index is 1.96. The molecule has 0 aromatic heterocycles. The first kappa shape index (κ1) is 25.2. The van der Waals surface area contributed by atoms with Gasteiger partial charge in [-0.1, -0.05) is 24.6 Å².